The Morgan fingerprint density at radius 3 is 2.56 bits per heavy atom. The molecule has 2 fully saturated rings. The number of aryl methyl sites for hydroxylation is 1. The van der Waals surface area contributed by atoms with Crippen molar-refractivity contribution in [3.63, 3.8) is 0 Å². The fraction of sp³-hybridized carbons (Fsp3) is 0.519. The van der Waals surface area contributed by atoms with Crippen LogP contribution in [-0.4, -0.2) is 53.7 Å². The number of ether oxygens (including phenoxy) is 1. The van der Waals surface area contributed by atoms with Gasteiger partial charge in [0.1, 0.15) is 18.5 Å². The number of rotatable bonds is 4. The number of esters is 1. The number of likely N-dealkylation sites (tertiary alicyclic amines) is 1. The minimum absolute atomic E-state index is 0.267. The zero-order chi connectivity index (χ0) is 23.9. The van der Waals surface area contributed by atoms with Crippen molar-refractivity contribution in [3.05, 3.63) is 57.8 Å². The largest absolute Gasteiger partial charge is 0.457 e. The lowest BCUT2D eigenvalue weighted by atomic mass is 9.71. The monoisotopic (exact) mass is 460 g/mol. The lowest BCUT2D eigenvalue weighted by molar-refractivity contribution is 0.0447. The summed E-state index contributed by atoms with van der Waals surface area (Å²) in [4.78, 5) is 21.1. The van der Waals surface area contributed by atoms with Crippen LogP contribution in [0.25, 0.3) is 0 Å². The van der Waals surface area contributed by atoms with Crippen molar-refractivity contribution in [2.24, 2.45) is 5.41 Å². The fourth-order valence-corrected chi connectivity index (χ4v) is 5.93. The van der Waals surface area contributed by atoms with Gasteiger partial charge in [-0.15, -0.1) is 0 Å². The summed E-state index contributed by atoms with van der Waals surface area (Å²) < 4.78 is 5.15. The molecular formula is C27H32N4O3. The Kier molecular flexibility index (Phi) is 6.05. The molecule has 178 valence electrons. The molecule has 0 saturated carbocycles. The molecule has 0 bridgehead atoms. The number of anilines is 1. The van der Waals surface area contributed by atoms with Crippen molar-refractivity contribution in [3.8, 4) is 6.07 Å². The molecule has 1 N–H and O–H groups in total. The van der Waals surface area contributed by atoms with Crippen LogP contribution in [0.1, 0.15) is 70.0 Å². The van der Waals surface area contributed by atoms with E-state index in [1.165, 1.54) is 0 Å². The number of piperidine rings is 2. The van der Waals surface area contributed by atoms with Gasteiger partial charge in [-0.1, -0.05) is 6.07 Å². The predicted octanol–water partition coefficient (Wildman–Crippen LogP) is 3.66. The van der Waals surface area contributed by atoms with Gasteiger partial charge in [0.25, 0.3) is 0 Å². The van der Waals surface area contributed by atoms with Crippen LogP contribution in [-0.2, 0) is 11.3 Å². The number of fused-ring (bicyclic) bond motifs is 1. The normalized spacial score (nSPS) is 20.6. The second kappa shape index (κ2) is 9.01. The van der Waals surface area contributed by atoms with Gasteiger partial charge < -0.3 is 19.6 Å². The summed E-state index contributed by atoms with van der Waals surface area (Å²) in [6, 6.07) is 7.76. The number of aliphatic hydroxyl groups excluding tert-OH is 1. The second-order valence-electron chi connectivity index (χ2n) is 10.2. The lowest BCUT2D eigenvalue weighted by Crippen LogP contribution is -2.47. The molecule has 0 amide bonds. The van der Waals surface area contributed by atoms with Gasteiger partial charge in [0.05, 0.1) is 17.2 Å². The number of pyridine rings is 1. The molecule has 2 saturated heterocycles. The summed E-state index contributed by atoms with van der Waals surface area (Å²) in [5.41, 5.74) is 5.47. The van der Waals surface area contributed by atoms with Crippen LogP contribution < -0.4 is 4.90 Å². The van der Waals surface area contributed by atoms with E-state index < -0.39 is 6.10 Å². The minimum atomic E-state index is -0.567. The highest BCUT2D eigenvalue weighted by atomic mass is 16.5. The third kappa shape index (κ3) is 4.17. The summed E-state index contributed by atoms with van der Waals surface area (Å²) >= 11 is 0. The number of hydrogen-bond donors (Lipinski definition) is 1. The van der Waals surface area contributed by atoms with Crippen LogP contribution in [0.4, 0.5) is 5.82 Å². The predicted molar refractivity (Wildman–Crippen MR) is 129 cm³/mol. The first-order valence-electron chi connectivity index (χ1n) is 12.2. The molecule has 1 spiro atoms. The Balaban J connectivity index is 1.16. The van der Waals surface area contributed by atoms with Gasteiger partial charge in [0.15, 0.2) is 0 Å². The first-order chi connectivity index (χ1) is 16.4. The summed E-state index contributed by atoms with van der Waals surface area (Å²) in [6.45, 7) is 8.92. The van der Waals surface area contributed by atoms with Crippen LogP contribution in [0.2, 0.25) is 0 Å². The highest BCUT2D eigenvalue weighted by Crippen LogP contribution is 2.42. The van der Waals surface area contributed by atoms with Crippen molar-refractivity contribution in [2.45, 2.75) is 52.2 Å². The number of nitriles is 1. The van der Waals surface area contributed by atoms with E-state index in [0.717, 1.165) is 79.9 Å². The summed E-state index contributed by atoms with van der Waals surface area (Å²) in [5.74, 6) is 0.739. The second-order valence-corrected chi connectivity index (χ2v) is 10.2. The minimum Gasteiger partial charge on any atom is -0.457 e. The molecule has 1 atom stereocenters. The van der Waals surface area contributed by atoms with Crippen LogP contribution >= 0.6 is 0 Å². The molecule has 2 aromatic rings. The van der Waals surface area contributed by atoms with Gasteiger partial charge in [-0.05, 0) is 86.9 Å². The Morgan fingerprint density at radius 1 is 1.18 bits per heavy atom. The first kappa shape index (κ1) is 22.8. The van der Waals surface area contributed by atoms with E-state index in [4.69, 9.17) is 10.00 Å². The molecule has 0 radical (unpaired) electrons. The fourth-order valence-electron chi connectivity index (χ4n) is 5.93. The van der Waals surface area contributed by atoms with E-state index in [-0.39, 0.29) is 5.97 Å². The summed E-state index contributed by atoms with van der Waals surface area (Å²) in [7, 11) is 0. The van der Waals surface area contributed by atoms with E-state index >= 15 is 0 Å². The van der Waals surface area contributed by atoms with Crippen molar-refractivity contribution in [1.29, 1.82) is 5.26 Å². The van der Waals surface area contributed by atoms with Crippen molar-refractivity contribution in [1.82, 2.24) is 9.88 Å². The zero-order valence-corrected chi connectivity index (χ0v) is 20.0. The maximum absolute atomic E-state index is 11.8. The number of nitrogens with zero attached hydrogens (tertiary/aromatic N) is 4. The van der Waals surface area contributed by atoms with Crippen molar-refractivity contribution >= 4 is 11.8 Å². The van der Waals surface area contributed by atoms with Crippen LogP contribution in [0, 0.1) is 30.6 Å². The summed E-state index contributed by atoms with van der Waals surface area (Å²) in [5, 5.41) is 20.1. The first-order valence-corrected chi connectivity index (χ1v) is 12.2. The third-order valence-corrected chi connectivity index (χ3v) is 8.22. The van der Waals surface area contributed by atoms with E-state index in [0.29, 0.717) is 29.7 Å². The molecule has 1 aromatic carbocycles. The topological polar surface area (TPSA) is 89.7 Å². The number of aromatic nitrogens is 1. The SMILES string of the molecule is Cc1cc(C#N)cnc1N1CCC2(CCN(CC(O)c3ccc4c(c3C)COC4=O)CC2)CC1. The maximum Gasteiger partial charge on any atom is 0.338 e. The number of hydrogen-bond acceptors (Lipinski definition) is 7. The molecule has 3 aliphatic rings. The van der Waals surface area contributed by atoms with Crippen molar-refractivity contribution < 1.29 is 14.6 Å². The zero-order valence-electron chi connectivity index (χ0n) is 20.0. The molecular weight excluding hydrogens is 428 g/mol. The maximum atomic E-state index is 11.8. The Morgan fingerprint density at radius 2 is 1.88 bits per heavy atom. The molecule has 5 rings (SSSR count). The van der Waals surface area contributed by atoms with Crippen LogP contribution in [0.5, 0.6) is 0 Å². The van der Waals surface area contributed by atoms with Gasteiger partial charge in [-0.2, -0.15) is 5.26 Å². The van der Waals surface area contributed by atoms with Gasteiger partial charge in [-0.25, -0.2) is 9.78 Å². The van der Waals surface area contributed by atoms with Gasteiger partial charge in [-0.3, -0.25) is 0 Å². The van der Waals surface area contributed by atoms with Crippen LogP contribution in [0.15, 0.2) is 24.4 Å². The molecule has 4 heterocycles. The quantitative estimate of drug-likeness (QED) is 0.697. The molecule has 7 nitrogen and oxygen atoms in total. The summed E-state index contributed by atoms with van der Waals surface area (Å²) in [6.07, 6.45) is 5.72. The Hall–Kier alpha value is -2.95. The van der Waals surface area contributed by atoms with Gasteiger partial charge in [0, 0.05) is 31.4 Å². The highest BCUT2D eigenvalue weighted by Gasteiger charge is 2.38. The number of β-amino-alcohol motifs (C(OH)–C–C–N with tert-alkyl or cyclic N) is 1. The van der Waals surface area contributed by atoms with E-state index in [2.05, 4.69) is 20.9 Å². The molecule has 34 heavy (non-hydrogen) atoms. The standard InChI is InChI=1S/C27H32N4O3/c1-18-13-20(14-28)15-29-25(18)31-11-7-27(8-12-31)5-9-30(10-6-27)16-24(32)21-3-4-22-23(19(21)2)17-34-26(22)33/h3-4,13,15,24,32H,5-12,16-17H2,1-2H3. The number of carbonyl (C=O) groups is 1. The third-order valence-electron chi connectivity index (χ3n) is 8.22. The Bertz CT molecular complexity index is 1140. The molecule has 7 heteroatoms. The number of benzene rings is 1. The smallest absolute Gasteiger partial charge is 0.338 e. The van der Waals surface area contributed by atoms with Gasteiger partial charge in [0.2, 0.25) is 0 Å². The molecule has 0 aliphatic carbocycles. The van der Waals surface area contributed by atoms with E-state index in [9.17, 15) is 9.90 Å². The van der Waals surface area contributed by atoms with E-state index in [1.54, 1.807) is 12.3 Å². The Labute approximate surface area is 201 Å². The molecule has 1 aromatic heterocycles. The van der Waals surface area contributed by atoms with Gasteiger partial charge >= 0.3 is 5.97 Å². The van der Waals surface area contributed by atoms with Crippen LogP contribution in [0.3, 0.4) is 0 Å². The van der Waals surface area contributed by atoms with E-state index in [1.807, 2.05) is 26.0 Å². The lowest BCUT2D eigenvalue weighted by Gasteiger charge is -2.47. The average molecular weight is 461 g/mol. The molecule has 3 aliphatic heterocycles. The number of aliphatic hydroxyl groups is 1. The molecule has 1 unspecified atom stereocenters. The highest BCUT2D eigenvalue weighted by molar-refractivity contribution is 5.93. The number of carbonyl (C=O) groups excluding carboxylic acids is 1. The number of cyclic esters (lactones) is 1. The average Bonchev–Trinajstić information content (AvgIpc) is 3.23. The van der Waals surface area contributed by atoms with Crippen molar-refractivity contribution in [2.75, 3.05) is 37.6 Å².